The lowest BCUT2D eigenvalue weighted by Gasteiger charge is -2.11. The number of nitrogens with one attached hydrogen (secondary N) is 1. The monoisotopic (exact) mass is 334 g/mol. The van der Waals surface area contributed by atoms with Gasteiger partial charge in [-0.1, -0.05) is 42.8 Å². The molecule has 128 valence electrons. The van der Waals surface area contributed by atoms with E-state index in [0.717, 1.165) is 46.0 Å². The molecule has 0 atom stereocenters. The second-order valence-corrected chi connectivity index (χ2v) is 6.36. The highest BCUT2D eigenvalue weighted by Gasteiger charge is 2.14. The molecular formula is C21H22N2O2. The van der Waals surface area contributed by atoms with Crippen LogP contribution in [0.2, 0.25) is 0 Å². The summed E-state index contributed by atoms with van der Waals surface area (Å²) in [6.45, 7) is 6.25. The van der Waals surface area contributed by atoms with E-state index in [9.17, 15) is 9.59 Å². The average Bonchev–Trinajstić information content (AvgIpc) is 2.95. The Balaban J connectivity index is 1.92. The predicted molar refractivity (Wildman–Crippen MR) is 101 cm³/mol. The van der Waals surface area contributed by atoms with Crippen LogP contribution in [0.1, 0.15) is 34.0 Å². The number of benzene rings is 2. The third-order valence-corrected chi connectivity index (χ3v) is 4.49. The van der Waals surface area contributed by atoms with Gasteiger partial charge in [0.2, 0.25) is 5.91 Å². The maximum absolute atomic E-state index is 12.5. The van der Waals surface area contributed by atoms with Crippen LogP contribution < -0.4 is 5.32 Å². The number of carbonyl (C=O) groups is 2. The van der Waals surface area contributed by atoms with Crippen LogP contribution in [0.5, 0.6) is 0 Å². The lowest BCUT2D eigenvalue weighted by Crippen LogP contribution is -2.19. The first-order chi connectivity index (χ1) is 12.0. The molecule has 25 heavy (non-hydrogen) atoms. The molecule has 0 saturated carbocycles. The summed E-state index contributed by atoms with van der Waals surface area (Å²) in [5.41, 5.74) is 5.72. The molecule has 0 unspecified atom stereocenters. The summed E-state index contributed by atoms with van der Waals surface area (Å²) < 4.78 is 1.87. The van der Waals surface area contributed by atoms with Gasteiger partial charge < -0.3 is 9.88 Å². The molecule has 4 nitrogen and oxygen atoms in total. The lowest BCUT2D eigenvalue weighted by atomic mass is 10.1. The number of nitrogens with zero attached hydrogens (tertiary/aromatic N) is 1. The zero-order valence-electron chi connectivity index (χ0n) is 14.8. The summed E-state index contributed by atoms with van der Waals surface area (Å²) in [5, 5.41) is 3.86. The van der Waals surface area contributed by atoms with E-state index in [0.29, 0.717) is 5.56 Å². The van der Waals surface area contributed by atoms with Gasteiger partial charge in [0.15, 0.2) is 6.29 Å². The first-order valence-corrected chi connectivity index (χ1v) is 8.46. The number of fused-ring (bicyclic) bond motifs is 1. The van der Waals surface area contributed by atoms with E-state index in [4.69, 9.17) is 0 Å². The molecule has 1 N–H and O–H groups in total. The zero-order chi connectivity index (χ0) is 18.0. The summed E-state index contributed by atoms with van der Waals surface area (Å²) in [4.78, 5) is 23.9. The first-order valence-electron chi connectivity index (χ1n) is 8.46. The normalized spacial score (nSPS) is 10.8. The fraction of sp³-hybridized carbons (Fsp3) is 0.238. The Morgan fingerprint density at radius 2 is 2.00 bits per heavy atom. The Morgan fingerprint density at radius 3 is 2.68 bits per heavy atom. The van der Waals surface area contributed by atoms with E-state index < -0.39 is 0 Å². The number of carbonyl (C=O) groups excluding carboxylic acids is 2. The third kappa shape index (κ3) is 3.33. The molecule has 1 heterocycles. The van der Waals surface area contributed by atoms with Gasteiger partial charge in [-0.2, -0.15) is 0 Å². The van der Waals surface area contributed by atoms with Crippen molar-refractivity contribution >= 4 is 28.8 Å². The Hall–Kier alpha value is -2.88. The number of aryl methyl sites for hydroxylation is 3. The van der Waals surface area contributed by atoms with Crippen molar-refractivity contribution in [2.24, 2.45) is 0 Å². The number of anilines is 1. The van der Waals surface area contributed by atoms with Gasteiger partial charge >= 0.3 is 0 Å². The van der Waals surface area contributed by atoms with Crippen LogP contribution in [-0.2, 0) is 17.8 Å². The molecule has 0 aliphatic heterocycles. The number of para-hydroxylation sites is 1. The number of amides is 1. The molecule has 0 fully saturated rings. The second-order valence-electron chi connectivity index (χ2n) is 6.36. The SMILES string of the molecule is CCc1cccc2c(C=O)cn(CC(=O)Nc3ccc(C)cc3C)c12. The van der Waals surface area contributed by atoms with Crippen molar-refractivity contribution in [3.8, 4) is 0 Å². The molecule has 0 radical (unpaired) electrons. The molecule has 0 aliphatic rings. The molecule has 0 bridgehead atoms. The number of aldehydes is 1. The van der Waals surface area contributed by atoms with Gasteiger partial charge in [-0.05, 0) is 37.5 Å². The first kappa shape index (κ1) is 17.0. The Bertz CT molecular complexity index is 954. The topological polar surface area (TPSA) is 51.1 Å². The van der Waals surface area contributed by atoms with Crippen LogP contribution in [0, 0.1) is 13.8 Å². The fourth-order valence-corrected chi connectivity index (χ4v) is 3.27. The molecule has 3 aromatic rings. The van der Waals surface area contributed by atoms with Crippen molar-refractivity contribution in [1.82, 2.24) is 4.57 Å². The number of aromatic nitrogens is 1. The largest absolute Gasteiger partial charge is 0.337 e. The molecule has 4 heteroatoms. The quantitative estimate of drug-likeness (QED) is 0.708. The molecule has 1 aromatic heterocycles. The van der Waals surface area contributed by atoms with E-state index >= 15 is 0 Å². The van der Waals surface area contributed by atoms with Gasteiger partial charge in [-0.25, -0.2) is 0 Å². The van der Waals surface area contributed by atoms with Crippen LogP contribution in [0.4, 0.5) is 5.69 Å². The summed E-state index contributed by atoms with van der Waals surface area (Å²) in [7, 11) is 0. The molecule has 2 aromatic carbocycles. The van der Waals surface area contributed by atoms with Crippen LogP contribution >= 0.6 is 0 Å². The predicted octanol–water partition coefficient (Wildman–Crippen LogP) is 4.27. The highest BCUT2D eigenvalue weighted by molar-refractivity contribution is 6.00. The summed E-state index contributed by atoms with van der Waals surface area (Å²) in [6, 6.07) is 11.9. The summed E-state index contributed by atoms with van der Waals surface area (Å²) in [6.07, 6.45) is 3.46. The second kappa shape index (κ2) is 6.93. The van der Waals surface area contributed by atoms with Gasteiger partial charge in [-0.3, -0.25) is 9.59 Å². The Labute approximate surface area is 147 Å². The van der Waals surface area contributed by atoms with E-state index in [2.05, 4.69) is 12.2 Å². The highest BCUT2D eigenvalue weighted by Crippen LogP contribution is 2.25. The minimum Gasteiger partial charge on any atom is -0.337 e. The standard InChI is InChI=1S/C21H22N2O2/c1-4-16-6-5-7-18-17(13-24)11-23(21(16)18)12-20(25)22-19-9-8-14(2)10-15(19)3/h5-11,13H,4,12H2,1-3H3,(H,22,25). The smallest absolute Gasteiger partial charge is 0.244 e. The zero-order valence-corrected chi connectivity index (χ0v) is 14.8. The van der Waals surface area contributed by atoms with Crippen molar-refractivity contribution < 1.29 is 9.59 Å². The van der Waals surface area contributed by atoms with Crippen molar-refractivity contribution in [2.45, 2.75) is 33.7 Å². The van der Waals surface area contributed by atoms with Gasteiger partial charge in [-0.15, -0.1) is 0 Å². The van der Waals surface area contributed by atoms with Crippen molar-refractivity contribution in [2.75, 3.05) is 5.32 Å². The van der Waals surface area contributed by atoms with Crippen LogP contribution in [0.25, 0.3) is 10.9 Å². The van der Waals surface area contributed by atoms with Crippen LogP contribution in [0.15, 0.2) is 42.6 Å². The minimum atomic E-state index is -0.104. The van der Waals surface area contributed by atoms with Crippen LogP contribution in [0.3, 0.4) is 0 Å². The molecule has 0 aliphatic carbocycles. The number of hydrogen-bond acceptors (Lipinski definition) is 2. The van der Waals surface area contributed by atoms with Crippen molar-refractivity contribution in [3.63, 3.8) is 0 Å². The van der Waals surface area contributed by atoms with Crippen LogP contribution in [-0.4, -0.2) is 16.8 Å². The maximum atomic E-state index is 12.5. The lowest BCUT2D eigenvalue weighted by molar-refractivity contribution is -0.116. The third-order valence-electron chi connectivity index (χ3n) is 4.49. The van der Waals surface area contributed by atoms with E-state index in [1.165, 1.54) is 0 Å². The van der Waals surface area contributed by atoms with E-state index in [1.807, 2.05) is 54.8 Å². The average molecular weight is 334 g/mol. The minimum absolute atomic E-state index is 0.104. The molecule has 3 rings (SSSR count). The summed E-state index contributed by atoms with van der Waals surface area (Å²) >= 11 is 0. The number of hydrogen-bond donors (Lipinski definition) is 1. The molecular weight excluding hydrogens is 312 g/mol. The van der Waals surface area contributed by atoms with E-state index in [-0.39, 0.29) is 12.5 Å². The molecule has 0 spiro atoms. The van der Waals surface area contributed by atoms with E-state index in [1.54, 1.807) is 6.20 Å². The van der Waals surface area contributed by atoms with Gasteiger partial charge in [0.1, 0.15) is 6.54 Å². The van der Waals surface area contributed by atoms with Gasteiger partial charge in [0.25, 0.3) is 0 Å². The van der Waals surface area contributed by atoms with Gasteiger partial charge in [0, 0.05) is 22.8 Å². The Morgan fingerprint density at radius 1 is 1.20 bits per heavy atom. The molecule has 1 amide bonds. The van der Waals surface area contributed by atoms with Crippen molar-refractivity contribution in [3.05, 3.63) is 64.8 Å². The maximum Gasteiger partial charge on any atom is 0.244 e. The highest BCUT2D eigenvalue weighted by atomic mass is 16.2. The van der Waals surface area contributed by atoms with Crippen molar-refractivity contribution in [1.29, 1.82) is 0 Å². The molecule has 0 saturated heterocycles. The van der Waals surface area contributed by atoms with Gasteiger partial charge in [0.05, 0.1) is 5.52 Å². The fourth-order valence-electron chi connectivity index (χ4n) is 3.27. The Kier molecular flexibility index (Phi) is 4.70. The number of rotatable bonds is 5. The summed E-state index contributed by atoms with van der Waals surface area (Å²) in [5.74, 6) is -0.104.